The van der Waals surface area contributed by atoms with Crippen LogP contribution in [0.1, 0.15) is 6.42 Å². The van der Waals surface area contributed by atoms with Gasteiger partial charge in [-0.2, -0.15) is 0 Å². The maximum Gasteiger partial charge on any atom is 0.523 e. The van der Waals surface area contributed by atoms with E-state index in [1.165, 1.54) is 0 Å². The lowest BCUT2D eigenvalue weighted by molar-refractivity contribution is -0.220. The molecule has 1 rings (SSSR count). The second kappa shape index (κ2) is 7.01. The Kier molecular flexibility index (Phi) is 5.86. The molecule has 76 valence electrons. The van der Waals surface area contributed by atoms with Crippen LogP contribution in [0.25, 0.3) is 0 Å². The van der Waals surface area contributed by atoms with Crippen LogP contribution in [0.4, 0.5) is 0 Å². The average molecular weight is 259 g/mol. The third-order valence-corrected chi connectivity index (χ3v) is 2.17. The zero-order chi connectivity index (χ0) is 10.2. The minimum Gasteiger partial charge on any atom is -0.422 e. The molecule has 0 aliphatic heterocycles. The summed E-state index contributed by atoms with van der Waals surface area (Å²) in [5.41, 5.74) is 0.686. The van der Waals surface area contributed by atoms with Crippen molar-refractivity contribution in [2.24, 2.45) is 0 Å². The van der Waals surface area contributed by atoms with Crippen molar-refractivity contribution in [3.63, 3.8) is 0 Å². The van der Waals surface area contributed by atoms with Gasteiger partial charge in [0.05, 0.1) is 6.61 Å². The highest BCUT2D eigenvalue weighted by Crippen LogP contribution is 1.92. The zero-order valence-corrected chi connectivity index (χ0v) is 9.31. The molecule has 0 radical (unpaired) electrons. The van der Waals surface area contributed by atoms with Crippen molar-refractivity contribution in [2.45, 2.75) is 6.42 Å². The second-order valence-corrected chi connectivity index (χ2v) is 3.52. The number of hydrogen-bond donors (Lipinski definition) is 1. The molecule has 5 heteroatoms. The van der Waals surface area contributed by atoms with Gasteiger partial charge in [0.2, 0.25) is 0 Å². The summed E-state index contributed by atoms with van der Waals surface area (Å²) < 4.78 is 0. The van der Waals surface area contributed by atoms with Gasteiger partial charge in [-0.05, 0) is 11.9 Å². The average Bonchev–Trinajstić information content (AvgIpc) is 2.25. The van der Waals surface area contributed by atoms with Crippen LogP contribution < -0.4 is 5.46 Å². The number of rotatable bonds is 6. The predicted molar refractivity (Wildman–Crippen MR) is 59.5 cm³/mol. The van der Waals surface area contributed by atoms with Gasteiger partial charge in [-0.3, -0.25) is 4.81 Å². The Morgan fingerprint density at radius 1 is 1.29 bits per heavy atom. The summed E-state index contributed by atoms with van der Waals surface area (Å²) in [6, 6.07) is 9.10. The molecule has 0 saturated carbocycles. The molecule has 0 spiro atoms. The normalized spacial score (nSPS) is 10.1. The summed E-state index contributed by atoms with van der Waals surface area (Å²) in [4.78, 5) is 9.58. The molecule has 1 aromatic carbocycles. The smallest absolute Gasteiger partial charge is 0.422 e. The van der Waals surface area contributed by atoms with E-state index in [0.29, 0.717) is 12.1 Å². The molecule has 0 unspecified atom stereocenters. The Balaban J connectivity index is 2.25. The third kappa shape index (κ3) is 4.24. The van der Waals surface area contributed by atoms with E-state index < -0.39 is 7.12 Å². The van der Waals surface area contributed by atoms with E-state index in [9.17, 15) is 5.02 Å². The Morgan fingerprint density at radius 2 is 2.00 bits per heavy atom. The van der Waals surface area contributed by atoms with Crippen LogP contribution in [0.15, 0.2) is 30.3 Å². The highest BCUT2D eigenvalue weighted by Gasteiger charge is 2.16. The summed E-state index contributed by atoms with van der Waals surface area (Å²) in [6.07, 6.45) is 0.849. The first-order chi connectivity index (χ1) is 6.84. The zero-order valence-electron chi connectivity index (χ0n) is 7.73. The van der Waals surface area contributed by atoms with Crippen molar-refractivity contribution in [1.82, 2.24) is 0 Å². The van der Waals surface area contributed by atoms with Crippen molar-refractivity contribution in [3.05, 3.63) is 30.3 Å². The Labute approximate surface area is 92.2 Å². The molecule has 0 atom stereocenters. The summed E-state index contributed by atoms with van der Waals surface area (Å²) in [5.74, 6) is 0. The van der Waals surface area contributed by atoms with Crippen LogP contribution in [0.5, 0.6) is 0 Å². The monoisotopic (exact) mass is 258 g/mol. The molecule has 0 aromatic heterocycles. The lowest BCUT2D eigenvalue weighted by atomic mass is 9.80. The van der Waals surface area contributed by atoms with E-state index >= 15 is 0 Å². The van der Waals surface area contributed by atoms with E-state index in [1.54, 1.807) is 12.1 Å². The van der Waals surface area contributed by atoms with Gasteiger partial charge in [-0.25, -0.2) is 4.89 Å². The first-order valence-electron chi connectivity index (χ1n) is 4.42. The number of benzene rings is 1. The van der Waals surface area contributed by atoms with Gasteiger partial charge in [0.15, 0.2) is 0 Å². The Bertz CT molecular complexity index is 245. The van der Waals surface area contributed by atoms with Crippen molar-refractivity contribution >= 4 is 28.5 Å². The van der Waals surface area contributed by atoms with Crippen LogP contribution in [0.2, 0.25) is 0 Å². The maximum absolute atomic E-state index is 9.46. The molecule has 0 aliphatic rings. The first kappa shape index (κ1) is 11.7. The van der Waals surface area contributed by atoms with Crippen LogP contribution in [0.3, 0.4) is 0 Å². The topological polar surface area (TPSA) is 38.7 Å². The van der Waals surface area contributed by atoms with E-state index in [-0.39, 0.29) is 0 Å². The minimum atomic E-state index is -1.01. The largest absolute Gasteiger partial charge is 0.523 e. The Hall–Kier alpha value is -0.355. The predicted octanol–water partition coefficient (Wildman–Crippen LogP) is 1.11. The van der Waals surface area contributed by atoms with Crippen molar-refractivity contribution in [3.8, 4) is 0 Å². The highest BCUT2D eigenvalue weighted by atomic mass is 79.9. The van der Waals surface area contributed by atoms with E-state index in [4.69, 9.17) is 9.69 Å². The van der Waals surface area contributed by atoms with Gasteiger partial charge in [-0.1, -0.05) is 46.3 Å². The molecule has 0 fully saturated rings. The van der Waals surface area contributed by atoms with Crippen molar-refractivity contribution < 1.29 is 14.7 Å². The number of halogens is 1. The highest BCUT2D eigenvalue weighted by molar-refractivity contribution is 9.09. The summed E-state index contributed by atoms with van der Waals surface area (Å²) in [7, 11) is -1.01. The van der Waals surface area contributed by atoms with Gasteiger partial charge >= 0.3 is 7.12 Å². The van der Waals surface area contributed by atoms with Gasteiger partial charge in [0, 0.05) is 5.33 Å². The molecule has 0 aliphatic carbocycles. The van der Waals surface area contributed by atoms with E-state index in [2.05, 4.69) is 15.9 Å². The molecule has 0 bridgehead atoms. The second-order valence-electron chi connectivity index (χ2n) is 2.72. The van der Waals surface area contributed by atoms with Crippen LogP contribution in [-0.4, -0.2) is 24.1 Å². The lowest BCUT2D eigenvalue weighted by Crippen LogP contribution is -2.33. The minimum absolute atomic E-state index is 0.467. The summed E-state index contributed by atoms with van der Waals surface area (Å²) >= 11 is 3.26. The quantitative estimate of drug-likeness (QED) is 0.273. The number of alkyl halides is 1. The molecule has 14 heavy (non-hydrogen) atoms. The van der Waals surface area contributed by atoms with E-state index in [0.717, 1.165) is 11.8 Å². The fourth-order valence-corrected chi connectivity index (χ4v) is 1.13. The summed E-state index contributed by atoms with van der Waals surface area (Å²) in [5, 5.41) is 10.3. The molecular formula is C9H12BBrO3. The molecular weight excluding hydrogens is 247 g/mol. The van der Waals surface area contributed by atoms with Crippen LogP contribution in [-0.2, 0) is 9.69 Å². The summed E-state index contributed by atoms with van der Waals surface area (Å²) in [6.45, 7) is 0.467. The SMILES string of the molecule is OB(OOCCCBr)c1ccccc1. The number of hydrogen-bond acceptors (Lipinski definition) is 3. The standard InChI is InChI=1S/C9H12BBrO3/c11-7-4-8-13-14-10(12)9-5-2-1-3-6-9/h1-3,5-6,12H,4,7-8H2. The Morgan fingerprint density at radius 3 is 2.64 bits per heavy atom. The van der Waals surface area contributed by atoms with Gasteiger partial charge in [0.25, 0.3) is 0 Å². The molecule has 0 heterocycles. The van der Waals surface area contributed by atoms with Crippen LogP contribution in [0, 0.1) is 0 Å². The van der Waals surface area contributed by atoms with Gasteiger partial charge in [-0.15, -0.1) is 0 Å². The molecule has 1 N–H and O–H groups in total. The molecule has 0 saturated heterocycles. The first-order valence-corrected chi connectivity index (χ1v) is 5.54. The van der Waals surface area contributed by atoms with Crippen molar-refractivity contribution in [2.75, 3.05) is 11.9 Å². The maximum atomic E-state index is 9.46. The van der Waals surface area contributed by atoms with Crippen molar-refractivity contribution in [1.29, 1.82) is 0 Å². The van der Waals surface area contributed by atoms with Gasteiger partial charge in [0.1, 0.15) is 0 Å². The molecule has 1 aromatic rings. The van der Waals surface area contributed by atoms with Crippen LogP contribution >= 0.6 is 15.9 Å². The lowest BCUT2D eigenvalue weighted by Gasteiger charge is -2.06. The van der Waals surface area contributed by atoms with Gasteiger partial charge < -0.3 is 5.02 Å². The fourth-order valence-electron chi connectivity index (χ4n) is 0.899. The fraction of sp³-hybridized carbons (Fsp3) is 0.333. The molecule has 3 nitrogen and oxygen atoms in total. The van der Waals surface area contributed by atoms with E-state index in [1.807, 2.05) is 18.2 Å². The molecule has 0 amide bonds. The third-order valence-electron chi connectivity index (χ3n) is 1.61.